The van der Waals surface area contributed by atoms with Gasteiger partial charge in [0.1, 0.15) is 17.8 Å². The Morgan fingerprint density at radius 2 is 1.88 bits per heavy atom. The number of anilines is 3. The third-order valence-electron chi connectivity index (χ3n) is 4.41. The minimum absolute atomic E-state index is 0.336. The van der Waals surface area contributed by atoms with Gasteiger partial charge in [0, 0.05) is 13.1 Å². The summed E-state index contributed by atoms with van der Waals surface area (Å²) in [5, 5.41) is 0. The Kier molecular flexibility index (Phi) is 5.73. The van der Waals surface area contributed by atoms with E-state index in [2.05, 4.69) is 25.7 Å². The highest BCUT2D eigenvalue weighted by Gasteiger charge is 2.17. The maximum Gasteiger partial charge on any atom is 0.273 e. The lowest BCUT2D eigenvalue weighted by molar-refractivity contribution is 0.0959. The summed E-state index contributed by atoms with van der Waals surface area (Å²) in [5.74, 6) is 1.24. The van der Waals surface area contributed by atoms with Crippen LogP contribution in [0.15, 0.2) is 30.6 Å². The molecule has 4 N–H and O–H groups in total. The van der Waals surface area contributed by atoms with Crippen LogP contribution in [-0.4, -0.2) is 36.1 Å². The van der Waals surface area contributed by atoms with E-state index in [-0.39, 0.29) is 5.91 Å². The molecule has 26 heavy (non-hydrogen) atoms. The van der Waals surface area contributed by atoms with E-state index >= 15 is 0 Å². The summed E-state index contributed by atoms with van der Waals surface area (Å²) < 4.78 is 5.21. The molecule has 8 nitrogen and oxygen atoms in total. The van der Waals surface area contributed by atoms with E-state index in [4.69, 9.17) is 10.5 Å². The molecule has 2 aromatic rings. The fourth-order valence-corrected chi connectivity index (χ4v) is 3.04. The van der Waals surface area contributed by atoms with Gasteiger partial charge in [-0.25, -0.2) is 9.97 Å². The van der Waals surface area contributed by atoms with E-state index in [0.717, 1.165) is 25.9 Å². The number of carbonyl (C=O) groups excluding carboxylic acids is 1. The minimum Gasteiger partial charge on any atom is -0.496 e. The summed E-state index contributed by atoms with van der Waals surface area (Å²) in [4.78, 5) is 23.1. The zero-order valence-corrected chi connectivity index (χ0v) is 14.9. The summed E-state index contributed by atoms with van der Waals surface area (Å²) in [5.41, 5.74) is 12.5. The van der Waals surface area contributed by atoms with Gasteiger partial charge in [-0.15, -0.1) is 0 Å². The molecule has 138 valence electrons. The summed E-state index contributed by atoms with van der Waals surface area (Å²) in [6, 6.07) is 6.99. The number of nitrogen functional groups attached to an aromatic ring is 1. The first kappa shape index (κ1) is 17.8. The number of aromatic nitrogens is 2. The first-order valence-corrected chi connectivity index (χ1v) is 8.75. The highest BCUT2D eigenvalue weighted by Crippen LogP contribution is 2.27. The molecule has 3 rings (SSSR count). The molecule has 1 aliphatic rings. The molecule has 0 unspecified atom stereocenters. The van der Waals surface area contributed by atoms with Crippen LogP contribution in [0.25, 0.3) is 0 Å². The Labute approximate surface area is 152 Å². The van der Waals surface area contributed by atoms with Crippen molar-refractivity contribution in [1.82, 2.24) is 15.4 Å². The number of amides is 1. The second-order valence-electron chi connectivity index (χ2n) is 6.14. The van der Waals surface area contributed by atoms with E-state index in [9.17, 15) is 4.79 Å². The average molecular weight is 356 g/mol. The number of hydrazine groups is 1. The lowest BCUT2D eigenvalue weighted by Crippen LogP contribution is -2.31. The predicted octanol–water partition coefficient (Wildman–Crippen LogP) is 2.20. The Hall–Kier alpha value is -3.03. The van der Waals surface area contributed by atoms with E-state index in [1.807, 2.05) is 0 Å². The van der Waals surface area contributed by atoms with Crippen molar-refractivity contribution in [2.75, 3.05) is 36.3 Å². The molecule has 1 aromatic carbocycles. The molecule has 0 atom stereocenters. The van der Waals surface area contributed by atoms with Crippen LogP contribution in [0.3, 0.4) is 0 Å². The van der Waals surface area contributed by atoms with Crippen LogP contribution in [0, 0.1) is 0 Å². The number of hydrogen-bond acceptors (Lipinski definition) is 7. The van der Waals surface area contributed by atoms with E-state index in [0.29, 0.717) is 28.6 Å². The van der Waals surface area contributed by atoms with Crippen molar-refractivity contribution >= 4 is 23.2 Å². The fraction of sp³-hybridized carbons (Fsp3) is 0.389. The molecule has 1 fully saturated rings. The molecule has 2 heterocycles. The fourth-order valence-electron chi connectivity index (χ4n) is 3.04. The van der Waals surface area contributed by atoms with E-state index < -0.39 is 0 Å². The number of benzene rings is 1. The van der Waals surface area contributed by atoms with Crippen molar-refractivity contribution in [3.8, 4) is 5.75 Å². The van der Waals surface area contributed by atoms with Crippen LogP contribution < -0.4 is 26.2 Å². The van der Waals surface area contributed by atoms with Gasteiger partial charge in [0.05, 0.1) is 12.7 Å². The number of methoxy groups -OCH3 is 1. The van der Waals surface area contributed by atoms with Crippen LogP contribution in [0.1, 0.15) is 36.0 Å². The summed E-state index contributed by atoms with van der Waals surface area (Å²) >= 11 is 0. The van der Waals surface area contributed by atoms with Crippen molar-refractivity contribution in [3.63, 3.8) is 0 Å². The number of carbonyl (C=O) groups is 1. The van der Waals surface area contributed by atoms with E-state index in [1.54, 1.807) is 24.3 Å². The molecule has 8 heteroatoms. The van der Waals surface area contributed by atoms with Gasteiger partial charge in [0.2, 0.25) is 0 Å². The van der Waals surface area contributed by atoms with Gasteiger partial charge >= 0.3 is 0 Å². The highest BCUT2D eigenvalue weighted by molar-refractivity contribution is 5.97. The number of rotatable bonds is 5. The molecule has 0 aliphatic carbocycles. The number of nitrogens with one attached hydrogen (secondary N) is 2. The van der Waals surface area contributed by atoms with E-state index in [1.165, 1.54) is 26.3 Å². The Bertz CT molecular complexity index is 759. The molecule has 1 amide bonds. The topological polar surface area (TPSA) is 105 Å². The summed E-state index contributed by atoms with van der Waals surface area (Å²) in [7, 11) is 1.52. The largest absolute Gasteiger partial charge is 0.496 e. The predicted molar refractivity (Wildman–Crippen MR) is 101 cm³/mol. The van der Waals surface area contributed by atoms with Gasteiger partial charge in [0.15, 0.2) is 11.6 Å². The SMILES string of the molecule is COc1ccccc1C(=O)NNc1ncnc(N2CCCCCC2)c1N. The molecular formula is C18H24N6O2. The number of nitrogens with two attached hydrogens (primary N) is 1. The number of hydrogen-bond donors (Lipinski definition) is 3. The Morgan fingerprint density at radius 3 is 2.62 bits per heavy atom. The third kappa shape index (κ3) is 3.96. The summed E-state index contributed by atoms with van der Waals surface area (Å²) in [6.07, 6.45) is 6.14. The monoisotopic (exact) mass is 356 g/mol. The molecular weight excluding hydrogens is 332 g/mol. The van der Waals surface area contributed by atoms with Crippen LogP contribution in [0.4, 0.5) is 17.3 Å². The quantitative estimate of drug-likeness (QED) is 0.705. The zero-order chi connectivity index (χ0) is 18.4. The molecule has 1 aliphatic heterocycles. The van der Waals surface area contributed by atoms with Gasteiger partial charge in [0.25, 0.3) is 5.91 Å². The Morgan fingerprint density at radius 1 is 1.15 bits per heavy atom. The van der Waals surface area contributed by atoms with Crippen molar-refractivity contribution in [3.05, 3.63) is 36.2 Å². The number of para-hydroxylation sites is 1. The van der Waals surface area contributed by atoms with Crippen LogP contribution >= 0.6 is 0 Å². The third-order valence-corrected chi connectivity index (χ3v) is 4.41. The van der Waals surface area contributed by atoms with Gasteiger partial charge in [-0.2, -0.15) is 0 Å². The van der Waals surface area contributed by atoms with Crippen LogP contribution in [-0.2, 0) is 0 Å². The van der Waals surface area contributed by atoms with Gasteiger partial charge in [-0.1, -0.05) is 25.0 Å². The van der Waals surface area contributed by atoms with Crippen molar-refractivity contribution in [1.29, 1.82) is 0 Å². The molecule has 1 saturated heterocycles. The highest BCUT2D eigenvalue weighted by atomic mass is 16.5. The molecule has 0 spiro atoms. The van der Waals surface area contributed by atoms with Gasteiger partial charge < -0.3 is 15.4 Å². The van der Waals surface area contributed by atoms with Crippen LogP contribution in [0.5, 0.6) is 5.75 Å². The normalized spacial score (nSPS) is 14.4. The molecule has 1 aromatic heterocycles. The first-order chi connectivity index (χ1) is 12.7. The van der Waals surface area contributed by atoms with Crippen molar-refractivity contribution in [2.45, 2.75) is 25.7 Å². The van der Waals surface area contributed by atoms with Gasteiger partial charge in [-0.3, -0.25) is 15.6 Å². The van der Waals surface area contributed by atoms with Gasteiger partial charge in [-0.05, 0) is 25.0 Å². The second kappa shape index (κ2) is 8.37. The standard InChI is InChI=1S/C18H24N6O2/c1-26-14-9-5-4-8-13(14)18(25)23-22-16-15(19)17(21-12-20-16)24-10-6-2-3-7-11-24/h4-5,8-9,12H,2-3,6-7,10-11,19H2,1H3,(H,23,25)(H,20,21,22). The molecule has 0 radical (unpaired) electrons. The first-order valence-electron chi connectivity index (χ1n) is 8.75. The van der Waals surface area contributed by atoms with Crippen molar-refractivity contribution in [2.24, 2.45) is 0 Å². The maximum atomic E-state index is 12.4. The van der Waals surface area contributed by atoms with Crippen LogP contribution in [0.2, 0.25) is 0 Å². The lowest BCUT2D eigenvalue weighted by Gasteiger charge is -2.23. The lowest BCUT2D eigenvalue weighted by atomic mass is 10.2. The van der Waals surface area contributed by atoms with Crippen molar-refractivity contribution < 1.29 is 9.53 Å². The molecule has 0 bridgehead atoms. The Balaban J connectivity index is 1.72. The zero-order valence-electron chi connectivity index (χ0n) is 14.9. The molecule has 0 saturated carbocycles. The minimum atomic E-state index is -0.336. The smallest absolute Gasteiger partial charge is 0.273 e. The number of ether oxygens (including phenoxy) is 1. The second-order valence-corrected chi connectivity index (χ2v) is 6.14. The average Bonchev–Trinajstić information content (AvgIpc) is 2.96. The maximum absolute atomic E-state index is 12.4. The summed E-state index contributed by atoms with van der Waals surface area (Å²) in [6.45, 7) is 1.85. The number of nitrogens with zero attached hydrogens (tertiary/aromatic N) is 3.